The average molecular weight is 379 g/mol. The van der Waals surface area contributed by atoms with Crippen molar-refractivity contribution in [1.82, 2.24) is 9.88 Å². The highest BCUT2D eigenvalue weighted by Crippen LogP contribution is 2.24. The highest BCUT2D eigenvalue weighted by atomic mass is 32.1. The lowest BCUT2D eigenvalue weighted by atomic mass is 10.2. The summed E-state index contributed by atoms with van der Waals surface area (Å²) >= 11 is 1.48. The van der Waals surface area contributed by atoms with E-state index in [2.05, 4.69) is 39.3 Å². The lowest BCUT2D eigenvalue weighted by Gasteiger charge is -2.34. The van der Waals surface area contributed by atoms with Gasteiger partial charge in [0.25, 0.3) is 5.91 Å². The number of piperazine rings is 1. The monoisotopic (exact) mass is 378 g/mol. The Balaban J connectivity index is 1.40. The van der Waals surface area contributed by atoms with Gasteiger partial charge in [0.05, 0.1) is 0 Å². The van der Waals surface area contributed by atoms with Gasteiger partial charge in [-0.05, 0) is 31.3 Å². The van der Waals surface area contributed by atoms with E-state index in [1.54, 1.807) is 5.38 Å². The van der Waals surface area contributed by atoms with E-state index in [1.165, 1.54) is 17.0 Å². The van der Waals surface area contributed by atoms with E-state index >= 15 is 0 Å². The van der Waals surface area contributed by atoms with Crippen LogP contribution in [0.5, 0.6) is 0 Å². The summed E-state index contributed by atoms with van der Waals surface area (Å²) in [6.45, 7) is 4.21. The number of likely N-dealkylation sites (N-methyl/N-ethyl adjacent to an activating group) is 1. The molecule has 2 aromatic carbocycles. The molecule has 0 bridgehead atoms. The van der Waals surface area contributed by atoms with Crippen molar-refractivity contribution in [3.63, 3.8) is 0 Å². The first-order valence-electron chi connectivity index (χ1n) is 9.05. The fourth-order valence-corrected chi connectivity index (χ4v) is 3.91. The molecule has 2 heterocycles. The van der Waals surface area contributed by atoms with Crippen molar-refractivity contribution >= 4 is 28.6 Å². The van der Waals surface area contributed by atoms with Crippen molar-refractivity contribution < 1.29 is 4.79 Å². The summed E-state index contributed by atoms with van der Waals surface area (Å²) in [7, 11) is 2.15. The molecule has 1 amide bonds. The SMILES string of the molecule is CN1CCN(c2ccc(NC(=O)c3csc(-c4ccccc4)n3)cc2)CC1. The van der Waals surface area contributed by atoms with Gasteiger partial charge in [-0.15, -0.1) is 11.3 Å². The summed E-state index contributed by atoms with van der Waals surface area (Å²) in [6.07, 6.45) is 0. The topological polar surface area (TPSA) is 48.5 Å². The molecule has 6 heteroatoms. The molecule has 0 unspecified atom stereocenters. The van der Waals surface area contributed by atoms with Gasteiger partial charge < -0.3 is 15.1 Å². The number of aromatic nitrogens is 1. The van der Waals surface area contributed by atoms with Gasteiger partial charge in [-0.2, -0.15) is 0 Å². The molecule has 0 radical (unpaired) electrons. The smallest absolute Gasteiger partial charge is 0.275 e. The van der Waals surface area contributed by atoms with Crippen LogP contribution in [0.15, 0.2) is 60.0 Å². The number of amides is 1. The van der Waals surface area contributed by atoms with Crippen molar-refractivity contribution in [2.45, 2.75) is 0 Å². The van der Waals surface area contributed by atoms with Gasteiger partial charge in [0.1, 0.15) is 10.7 Å². The maximum Gasteiger partial charge on any atom is 0.275 e. The van der Waals surface area contributed by atoms with Crippen LogP contribution < -0.4 is 10.2 Å². The van der Waals surface area contributed by atoms with Crippen LogP contribution in [0.3, 0.4) is 0 Å². The molecule has 0 spiro atoms. The molecule has 1 saturated heterocycles. The number of carbonyl (C=O) groups excluding carboxylic acids is 1. The lowest BCUT2D eigenvalue weighted by molar-refractivity contribution is 0.102. The lowest BCUT2D eigenvalue weighted by Crippen LogP contribution is -2.44. The van der Waals surface area contributed by atoms with E-state index in [-0.39, 0.29) is 5.91 Å². The molecule has 5 nitrogen and oxygen atoms in total. The summed E-state index contributed by atoms with van der Waals surface area (Å²) in [4.78, 5) is 21.7. The maximum absolute atomic E-state index is 12.5. The molecule has 0 saturated carbocycles. The number of nitrogens with zero attached hydrogens (tertiary/aromatic N) is 3. The van der Waals surface area contributed by atoms with Crippen molar-refractivity contribution in [1.29, 1.82) is 0 Å². The second-order valence-corrected chi connectivity index (χ2v) is 7.55. The number of nitrogens with one attached hydrogen (secondary N) is 1. The number of hydrogen-bond acceptors (Lipinski definition) is 5. The molecule has 138 valence electrons. The largest absolute Gasteiger partial charge is 0.369 e. The average Bonchev–Trinajstić information content (AvgIpc) is 3.20. The highest BCUT2D eigenvalue weighted by Gasteiger charge is 2.15. The van der Waals surface area contributed by atoms with Gasteiger partial charge in [0.2, 0.25) is 0 Å². The number of benzene rings is 2. The summed E-state index contributed by atoms with van der Waals surface area (Å²) < 4.78 is 0. The minimum Gasteiger partial charge on any atom is -0.369 e. The zero-order valence-electron chi connectivity index (χ0n) is 15.3. The van der Waals surface area contributed by atoms with Gasteiger partial charge in [0, 0.05) is 48.5 Å². The predicted molar refractivity (Wildman–Crippen MR) is 112 cm³/mol. The molecule has 3 aromatic rings. The molecular weight excluding hydrogens is 356 g/mol. The summed E-state index contributed by atoms with van der Waals surface area (Å²) in [5, 5.41) is 5.59. The van der Waals surface area contributed by atoms with Gasteiger partial charge in [-0.25, -0.2) is 4.98 Å². The predicted octanol–water partition coefficient (Wildman–Crippen LogP) is 3.81. The van der Waals surface area contributed by atoms with Gasteiger partial charge in [-0.3, -0.25) is 4.79 Å². The van der Waals surface area contributed by atoms with Gasteiger partial charge in [-0.1, -0.05) is 30.3 Å². The minimum absolute atomic E-state index is 0.180. The number of hydrogen-bond donors (Lipinski definition) is 1. The maximum atomic E-state index is 12.5. The van der Waals surface area contributed by atoms with Crippen molar-refractivity contribution in [2.75, 3.05) is 43.4 Å². The number of carbonyl (C=O) groups is 1. The molecule has 1 aliphatic rings. The Morgan fingerprint density at radius 1 is 1.00 bits per heavy atom. The molecule has 1 aliphatic heterocycles. The number of thiazole rings is 1. The van der Waals surface area contributed by atoms with Gasteiger partial charge in [0.15, 0.2) is 0 Å². The minimum atomic E-state index is -0.180. The van der Waals surface area contributed by atoms with Crippen molar-refractivity contribution in [3.8, 4) is 10.6 Å². The third-order valence-corrected chi connectivity index (χ3v) is 5.64. The van der Waals surface area contributed by atoms with Crippen LogP contribution in [-0.2, 0) is 0 Å². The highest BCUT2D eigenvalue weighted by molar-refractivity contribution is 7.13. The van der Waals surface area contributed by atoms with Crippen LogP contribution >= 0.6 is 11.3 Å². The Kier molecular flexibility index (Phi) is 5.18. The van der Waals surface area contributed by atoms with Crippen LogP contribution in [0.1, 0.15) is 10.5 Å². The molecule has 4 rings (SSSR count). The van der Waals surface area contributed by atoms with E-state index in [9.17, 15) is 4.79 Å². The molecule has 1 aromatic heterocycles. The molecule has 1 N–H and O–H groups in total. The zero-order valence-corrected chi connectivity index (χ0v) is 16.1. The van der Waals surface area contributed by atoms with Crippen LogP contribution in [-0.4, -0.2) is 49.0 Å². The third-order valence-electron chi connectivity index (χ3n) is 4.75. The molecule has 27 heavy (non-hydrogen) atoms. The van der Waals surface area contributed by atoms with E-state index in [4.69, 9.17) is 0 Å². The number of anilines is 2. The van der Waals surface area contributed by atoms with Crippen molar-refractivity contribution in [3.05, 3.63) is 65.7 Å². The van der Waals surface area contributed by atoms with E-state index < -0.39 is 0 Å². The quantitative estimate of drug-likeness (QED) is 0.750. The van der Waals surface area contributed by atoms with E-state index in [1.807, 2.05) is 42.5 Å². The van der Waals surface area contributed by atoms with Crippen molar-refractivity contribution in [2.24, 2.45) is 0 Å². The summed E-state index contributed by atoms with van der Waals surface area (Å²) in [5.41, 5.74) is 3.45. The fraction of sp³-hybridized carbons (Fsp3) is 0.238. The van der Waals surface area contributed by atoms with Crippen LogP contribution in [0.2, 0.25) is 0 Å². The Morgan fingerprint density at radius 3 is 2.41 bits per heavy atom. The second kappa shape index (κ2) is 7.90. The van der Waals surface area contributed by atoms with E-state index in [0.29, 0.717) is 5.69 Å². The second-order valence-electron chi connectivity index (χ2n) is 6.70. The Hall–Kier alpha value is -2.70. The van der Waals surface area contributed by atoms with Crippen LogP contribution in [0.4, 0.5) is 11.4 Å². The molecule has 0 atom stereocenters. The Morgan fingerprint density at radius 2 is 1.70 bits per heavy atom. The molecule has 0 aliphatic carbocycles. The first-order valence-corrected chi connectivity index (χ1v) is 9.93. The Labute approximate surface area is 163 Å². The first kappa shape index (κ1) is 17.7. The summed E-state index contributed by atoms with van der Waals surface area (Å²) in [6, 6.07) is 17.9. The Bertz CT molecular complexity index is 899. The normalized spacial score (nSPS) is 14.9. The number of rotatable bonds is 4. The van der Waals surface area contributed by atoms with Crippen LogP contribution in [0, 0.1) is 0 Å². The molecular formula is C21H22N4OS. The summed E-state index contributed by atoms with van der Waals surface area (Å²) in [5.74, 6) is -0.180. The van der Waals surface area contributed by atoms with Gasteiger partial charge >= 0.3 is 0 Å². The standard InChI is InChI=1S/C21H22N4OS/c1-24-11-13-25(14-12-24)18-9-7-17(8-10-18)22-20(26)19-15-27-21(23-19)16-5-3-2-4-6-16/h2-10,15H,11-14H2,1H3,(H,22,26). The molecule has 1 fully saturated rings. The van der Waals surface area contributed by atoms with E-state index in [0.717, 1.165) is 42.4 Å². The third kappa shape index (κ3) is 4.18. The van der Waals surface area contributed by atoms with Crippen LogP contribution in [0.25, 0.3) is 10.6 Å². The zero-order chi connectivity index (χ0) is 18.6. The fourth-order valence-electron chi connectivity index (χ4n) is 3.11. The first-order chi connectivity index (χ1) is 13.2.